The Bertz CT molecular complexity index is 436. The molecule has 0 aliphatic heterocycles. The number of aryl methyl sites for hydroxylation is 1. The van der Waals surface area contributed by atoms with Crippen LogP contribution in [0.4, 0.5) is 0 Å². The molecule has 1 saturated carbocycles. The summed E-state index contributed by atoms with van der Waals surface area (Å²) in [5.74, 6) is 0.629. The second-order valence-corrected chi connectivity index (χ2v) is 8.19. The van der Waals surface area contributed by atoms with E-state index in [9.17, 15) is 0 Å². The Balaban J connectivity index is 2.36. The fourth-order valence-corrected chi connectivity index (χ4v) is 4.66. The molecule has 1 N–H and O–H groups in total. The van der Waals surface area contributed by atoms with Gasteiger partial charge in [-0.15, -0.1) is 11.3 Å². The summed E-state index contributed by atoms with van der Waals surface area (Å²) in [6.45, 7) is 13.8. The Labute approximate surface area is 122 Å². The van der Waals surface area contributed by atoms with E-state index in [0.29, 0.717) is 17.4 Å². The maximum Gasteiger partial charge on any atom is 0.113 e. The lowest BCUT2D eigenvalue weighted by Gasteiger charge is -2.48. The third kappa shape index (κ3) is 3.03. The zero-order valence-corrected chi connectivity index (χ0v) is 14.0. The average Bonchev–Trinajstić information content (AvgIpc) is 2.69. The van der Waals surface area contributed by atoms with Crippen molar-refractivity contribution in [2.45, 2.75) is 72.4 Å². The summed E-state index contributed by atoms with van der Waals surface area (Å²) in [5.41, 5.74) is 1.71. The van der Waals surface area contributed by atoms with Crippen molar-refractivity contribution in [1.82, 2.24) is 10.3 Å². The largest absolute Gasteiger partial charge is 0.303 e. The van der Waals surface area contributed by atoms with Crippen LogP contribution in [0.5, 0.6) is 0 Å². The van der Waals surface area contributed by atoms with Crippen molar-refractivity contribution in [1.29, 1.82) is 0 Å². The van der Waals surface area contributed by atoms with Gasteiger partial charge in [0.1, 0.15) is 5.01 Å². The molecule has 1 aromatic rings. The van der Waals surface area contributed by atoms with Crippen molar-refractivity contribution in [2.24, 2.45) is 11.3 Å². The van der Waals surface area contributed by atoms with Crippen LogP contribution in [0.25, 0.3) is 0 Å². The van der Waals surface area contributed by atoms with Gasteiger partial charge in [0, 0.05) is 17.1 Å². The Morgan fingerprint density at radius 3 is 2.53 bits per heavy atom. The smallest absolute Gasteiger partial charge is 0.113 e. The molecule has 19 heavy (non-hydrogen) atoms. The summed E-state index contributed by atoms with van der Waals surface area (Å²) in [7, 11) is 0. The van der Waals surface area contributed by atoms with E-state index in [-0.39, 0.29) is 5.54 Å². The molecule has 1 aliphatic rings. The van der Waals surface area contributed by atoms with Crippen LogP contribution in [0.15, 0.2) is 5.38 Å². The average molecular weight is 280 g/mol. The molecule has 1 fully saturated rings. The summed E-state index contributed by atoms with van der Waals surface area (Å²) in [4.78, 5) is 4.81. The molecular weight excluding hydrogens is 252 g/mol. The molecule has 108 valence electrons. The van der Waals surface area contributed by atoms with Crippen LogP contribution in [-0.4, -0.2) is 11.0 Å². The monoisotopic (exact) mass is 280 g/mol. The lowest BCUT2D eigenvalue weighted by molar-refractivity contribution is 0.0648. The minimum absolute atomic E-state index is 0.0859. The molecule has 0 saturated heterocycles. The molecule has 0 bridgehead atoms. The molecule has 3 heteroatoms. The van der Waals surface area contributed by atoms with E-state index in [1.807, 2.05) is 11.3 Å². The van der Waals surface area contributed by atoms with E-state index in [2.05, 4.69) is 52.2 Å². The van der Waals surface area contributed by atoms with Gasteiger partial charge >= 0.3 is 0 Å². The number of nitrogens with one attached hydrogen (secondary N) is 1. The normalized spacial score (nSPS) is 30.8. The third-order valence-corrected chi connectivity index (χ3v) is 5.58. The standard InChI is InChI=1S/C16H28N2S/c1-11(2)18-16(14-17-13(4)10-19-14)8-7-15(5,6)9-12(16)3/h10-12,18H,7-9H2,1-6H3. The lowest BCUT2D eigenvalue weighted by atomic mass is 9.64. The molecule has 2 atom stereocenters. The fraction of sp³-hybridized carbons (Fsp3) is 0.812. The van der Waals surface area contributed by atoms with Gasteiger partial charge in [0.25, 0.3) is 0 Å². The van der Waals surface area contributed by atoms with Crippen molar-refractivity contribution < 1.29 is 0 Å². The van der Waals surface area contributed by atoms with Crippen molar-refractivity contribution in [2.75, 3.05) is 0 Å². The van der Waals surface area contributed by atoms with Gasteiger partial charge in [-0.05, 0) is 51.4 Å². The zero-order chi connectivity index (χ0) is 14.3. The lowest BCUT2D eigenvalue weighted by Crippen LogP contribution is -2.54. The van der Waals surface area contributed by atoms with E-state index in [0.717, 1.165) is 5.69 Å². The predicted molar refractivity (Wildman–Crippen MR) is 83.6 cm³/mol. The SMILES string of the molecule is Cc1csc(C2(NC(C)C)CCC(C)(C)CC2C)n1. The van der Waals surface area contributed by atoms with Gasteiger partial charge < -0.3 is 5.32 Å². The Hall–Kier alpha value is -0.410. The molecular formula is C16H28N2S. The maximum atomic E-state index is 4.81. The number of thiazole rings is 1. The first-order chi connectivity index (χ1) is 8.75. The van der Waals surface area contributed by atoms with Crippen LogP contribution in [-0.2, 0) is 5.54 Å². The Kier molecular flexibility index (Phi) is 4.08. The maximum absolute atomic E-state index is 4.81. The predicted octanol–water partition coefficient (Wildman–Crippen LogP) is 4.49. The van der Waals surface area contributed by atoms with Crippen molar-refractivity contribution >= 4 is 11.3 Å². The molecule has 1 heterocycles. The quantitative estimate of drug-likeness (QED) is 0.882. The number of hydrogen-bond acceptors (Lipinski definition) is 3. The van der Waals surface area contributed by atoms with Crippen LogP contribution in [0, 0.1) is 18.3 Å². The summed E-state index contributed by atoms with van der Waals surface area (Å²) in [5, 5.41) is 7.34. The van der Waals surface area contributed by atoms with Crippen LogP contribution in [0.2, 0.25) is 0 Å². The highest BCUT2D eigenvalue weighted by Crippen LogP contribution is 2.49. The van der Waals surface area contributed by atoms with Gasteiger partial charge in [-0.3, -0.25) is 0 Å². The second-order valence-electron chi connectivity index (χ2n) is 7.33. The minimum atomic E-state index is 0.0859. The second kappa shape index (κ2) is 5.17. The highest BCUT2D eigenvalue weighted by Gasteiger charge is 2.46. The molecule has 0 aromatic carbocycles. The number of hydrogen-bond donors (Lipinski definition) is 1. The number of nitrogens with zero attached hydrogens (tertiary/aromatic N) is 1. The van der Waals surface area contributed by atoms with Gasteiger partial charge in [-0.1, -0.05) is 20.8 Å². The summed E-state index contributed by atoms with van der Waals surface area (Å²) in [6, 6.07) is 0.493. The first-order valence-corrected chi connectivity index (χ1v) is 8.33. The number of aromatic nitrogens is 1. The molecule has 0 amide bonds. The summed E-state index contributed by atoms with van der Waals surface area (Å²) >= 11 is 1.83. The minimum Gasteiger partial charge on any atom is -0.303 e. The molecule has 0 radical (unpaired) electrons. The van der Waals surface area contributed by atoms with Crippen molar-refractivity contribution in [3.63, 3.8) is 0 Å². The molecule has 0 spiro atoms. The van der Waals surface area contributed by atoms with E-state index in [1.165, 1.54) is 24.3 Å². The van der Waals surface area contributed by atoms with Crippen LogP contribution in [0.3, 0.4) is 0 Å². The topological polar surface area (TPSA) is 24.9 Å². The van der Waals surface area contributed by atoms with Crippen molar-refractivity contribution in [3.8, 4) is 0 Å². The van der Waals surface area contributed by atoms with Gasteiger partial charge in [0.05, 0.1) is 5.54 Å². The van der Waals surface area contributed by atoms with Gasteiger partial charge in [-0.2, -0.15) is 0 Å². The van der Waals surface area contributed by atoms with Gasteiger partial charge in [0.2, 0.25) is 0 Å². The molecule has 2 rings (SSSR count). The van der Waals surface area contributed by atoms with E-state index < -0.39 is 0 Å². The van der Waals surface area contributed by atoms with E-state index in [4.69, 9.17) is 4.98 Å². The first kappa shape index (κ1) is 15.0. The highest BCUT2D eigenvalue weighted by atomic mass is 32.1. The number of rotatable bonds is 3. The summed E-state index contributed by atoms with van der Waals surface area (Å²) < 4.78 is 0. The molecule has 1 aliphatic carbocycles. The Morgan fingerprint density at radius 1 is 1.37 bits per heavy atom. The molecule has 2 unspecified atom stereocenters. The van der Waals surface area contributed by atoms with Crippen LogP contribution in [0.1, 0.15) is 64.6 Å². The zero-order valence-electron chi connectivity index (χ0n) is 13.2. The highest BCUT2D eigenvalue weighted by molar-refractivity contribution is 7.09. The fourth-order valence-electron chi connectivity index (χ4n) is 3.56. The van der Waals surface area contributed by atoms with Gasteiger partial charge in [-0.25, -0.2) is 4.98 Å². The van der Waals surface area contributed by atoms with E-state index >= 15 is 0 Å². The van der Waals surface area contributed by atoms with E-state index in [1.54, 1.807) is 0 Å². The molecule has 1 aromatic heterocycles. The van der Waals surface area contributed by atoms with Crippen LogP contribution < -0.4 is 5.32 Å². The van der Waals surface area contributed by atoms with Crippen molar-refractivity contribution in [3.05, 3.63) is 16.1 Å². The third-order valence-electron chi connectivity index (χ3n) is 4.44. The molecule has 2 nitrogen and oxygen atoms in total. The summed E-state index contributed by atoms with van der Waals surface area (Å²) in [6.07, 6.45) is 3.74. The van der Waals surface area contributed by atoms with Gasteiger partial charge in [0.15, 0.2) is 0 Å². The Morgan fingerprint density at radius 2 is 2.05 bits per heavy atom. The van der Waals surface area contributed by atoms with Crippen LogP contribution >= 0.6 is 11.3 Å². The first-order valence-electron chi connectivity index (χ1n) is 7.45.